The van der Waals surface area contributed by atoms with Crippen LogP contribution in [0.1, 0.15) is 33.1 Å². The summed E-state index contributed by atoms with van der Waals surface area (Å²) >= 11 is 0. The van der Waals surface area contributed by atoms with Gasteiger partial charge >= 0.3 is 6.03 Å². The zero-order valence-corrected chi connectivity index (χ0v) is 15.7. The Hall–Kier alpha value is -2.96. The van der Waals surface area contributed by atoms with E-state index in [1.165, 1.54) is 12.1 Å². The minimum Gasteiger partial charge on any atom is -0.490 e. The summed E-state index contributed by atoms with van der Waals surface area (Å²) in [5.74, 6) is 0.427. The SMILES string of the molecule is CCCCCNC(=O)Nc1cc(OCC)c(Oc2ccc(N)cc2)cc1F. The first-order valence-corrected chi connectivity index (χ1v) is 9.08. The Morgan fingerprint density at radius 3 is 2.52 bits per heavy atom. The van der Waals surface area contributed by atoms with Crippen LogP contribution in [0.15, 0.2) is 36.4 Å². The molecule has 0 aliphatic carbocycles. The fourth-order valence-corrected chi connectivity index (χ4v) is 2.39. The number of nitrogen functional groups attached to an aromatic ring is 1. The Morgan fingerprint density at radius 2 is 1.85 bits per heavy atom. The van der Waals surface area contributed by atoms with Gasteiger partial charge in [-0.05, 0) is 37.6 Å². The molecular formula is C20H26FN3O3. The number of carbonyl (C=O) groups is 1. The monoisotopic (exact) mass is 375 g/mol. The normalized spacial score (nSPS) is 10.3. The van der Waals surface area contributed by atoms with Gasteiger partial charge in [-0.2, -0.15) is 0 Å². The Bertz CT molecular complexity index is 751. The first kappa shape index (κ1) is 20.4. The molecule has 2 rings (SSSR count). The van der Waals surface area contributed by atoms with Crippen molar-refractivity contribution in [2.24, 2.45) is 0 Å². The lowest BCUT2D eigenvalue weighted by molar-refractivity contribution is 0.251. The highest BCUT2D eigenvalue weighted by Gasteiger charge is 2.15. The number of nitrogens with one attached hydrogen (secondary N) is 2. The molecule has 6 nitrogen and oxygen atoms in total. The van der Waals surface area contributed by atoms with Crippen LogP contribution in [-0.4, -0.2) is 19.2 Å². The molecule has 2 aromatic rings. The lowest BCUT2D eigenvalue weighted by Crippen LogP contribution is -2.29. The molecule has 4 N–H and O–H groups in total. The molecule has 0 spiro atoms. The number of hydrogen-bond donors (Lipinski definition) is 3. The third-order valence-electron chi connectivity index (χ3n) is 3.76. The van der Waals surface area contributed by atoms with E-state index in [0.29, 0.717) is 30.3 Å². The topological polar surface area (TPSA) is 85.6 Å². The number of carbonyl (C=O) groups excluding carboxylic acids is 1. The fourth-order valence-electron chi connectivity index (χ4n) is 2.39. The van der Waals surface area contributed by atoms with Crippen LogP contribution in [0.2, 0.25) is 0 Å². The predicted octanol–water partition coefficient (Wildman–Crippen LogP) is 4.91. The van der Waals surface area contributed by atoms with Gasteiger partial charge < -0.3 is 25.8 Å². The Balaban J connectivity index is 2.12. The third-order valence-corrected chi connectivity index (χ3v) is 3.76. The van der Waals surface area contributed by atoms with Crippen LogP contribution in [0.3, 0.4) is 0 Å². The molecule has 27 heavy (non-hydrogen) atoms. The highest BCUT2D eigenvalue weighted by Crippen LogP contribution is 2.36. The Morgan fingerprint density at radius 1 is 1.11 bits per heavy atom. The first-order valence-electron chi connectivity index (χ1n) is 9.08. The highest BCUT2D eigenvalue weighted by molar-refractivity contribution is 5.89. The number of anilines is 2. The molecule has 2 amide bonds. The number of benzene rings is 2. The molecule has 146 valence electrons. The van der Waals surface area contributed by atoms with Crippen LogP contribution in [0, 0.1) is 5.82 Å². The van der Waals surface area contributed by atoms with Crippen LogP contribution in [0.5, 0.6) is 17.2 Å². The molecule has 0 aliphatic rings. The first-order chi connectivity index (χ1) is 13.0. The number of ether oxygens (including phenoxy) is 2. The van der Waals surface area contributed by atoms with Crippen molar-refractivity contribution < 1.29 is 18.7 Å². The maximum atomic E-state index is 14.4. The summed E-state index contributed by atoms with van der Waals surface area (Å²) in [6.07, 6.45) is 2.97. The van der Waals surface area contributed by atoms with Gasteiger partial charge in [0.15, 0.2) is 17.3 Å². The largest absolute Gasteiger partial charge is 0.490 e. The Kier molecular flexibility index (Phi) is 7.73. The van der Waals surface area contributed by atoms with Crippen molar-refractivity contribution in [3.8, 4) is 17.2 Å². The van der Waals surface area contributed by atoms with Gasteiger partial charge in [0.25, 0.3) is 0 Å². The second-order valence-electron chi connectivity index (χ2n) is 5.97. The molecule has 7 heteroatoms. The van der Waals surface area contributed by atoms with Crippen molar-refractivity contribution in [2.75, 3.05) is 24.2 Å². The molecule has 0 aromatic heterocycles. The van der Waals surface area contributed by atoms with E-state index in [9.17, 15) is 9.18 Å². The maximum absolute atomic E-state index is 14.4. The van der Waals surface area contributed by atoms with E-state index >= 15 is 0 Å². The molecule has 2 aromatic carbocycles. The van der Waals surface area contributed by atoms with E-state index < -0.39 is 11.8 Å². The van der Waals surface area contributed by atoms with Crippen LogP contribution in [0.25, 0.3) is 0 Å². The van der Waals surface area contributed by atoms with Crippen molar-refractivity contribution in [1.82, 2.24) is 5.32 Å². The van der Waals surface area contributed by atoms with Crippen LogP contribution < -0.4 is 25.8 Å². The molecule has 0 bridgehead atoms. The number of amides is 2. The highest BCUT2D eigenvalue weighted by atomic mass is 19.1. The van der Waals surface area contributed by atoms with E-state index in [0.717, 1.165) is 19.3 Å². The van der Waals surface area contributed by atoms with Crippen LogP contribution in [0.4, 0.5) is 20.6 Å². The van der Waals surface area contributed by atoms with Crippen LogP contribution in [-0.2, 0) is 0 Å². The summed E-state index contributed by atoms with van der Waals surface area (Å²) in [7, 11) is 0. The van der Waals surface area contributed by atoms with E-state index in [4.69, 9.17) is 15.2 Å². The van der Waals surface area contributed by atoms with Crippen LogP contribution >= 0.6 is 0 Å². The molecule has 0 aliphatic heterocycles. The quantitative estimate of drug-likeness (QED) is 0.429. The van der Waals surface area contributed by atoms with Gasteiger partial charge in [-0.1, -0.05) is 19.8 Å². The number of urea groups is 1. The number of unbranched alkanes of at least 4 members (excludes halogenated alkanes) is 2. The zero-order valence-electron chi connectivity index (χ0n) is 15.7. The van der Waals surface area contributed by atoms with Crippen molar-refractivity contribution in [3.63, 3.8) is 0 Å². The minimum absolute atomic E-state index is 0.0242. The van der Waals surface area contributed by atoms with Crippen molar-refractivity contribution in [1.29, 1.82) is 0 Å². The molecule has 0 saturated heterocycles. The molecule has 0 radical (unpaired) electrons. The fraction of sp³-hybridized carbons (Fsp3) is 0.350. The molecular weight excluding hydrogens is 349 g/mol. The van der Waals surface area contributed by atoms with Crippen molar-refractivity contribution >= 4 is 17.4 Å². The van der Waals surface area contributed by atoms with Crippen molar-refractivity contribution in [3.05, 3.63) is 42.2 Å². The average Bonchev–Trinajstić information content (AvgIpc) is 2.64. The second kappa shape index (κ2) is 10.3. The number of nitrogens with two attached hydrogens (primary N) is 1. The summed E-state index contributed by atoms with van der Waals surface area (Å²) in [5, 5.41) is 5.21. The number of rotatable bonds is 9. The molecule has 0 saturated carbocycles. The Labute approximate surface area is 158 Å². The summed E-state index contributed by atoms with van der Waals surface area (Å²) in [4.78, 5) is 11.9. The average molecular weight is 375 g/mol. The van der Waals surface area contributed by atoms with Gasteiger partial charge in [0.05, 0.1) is 12.3 Å². The number of hydrogen-bond acceptors (Lipinski definition) is 4. The molecule has 0 heterocycles. The van der Waals surface area contributed by atoms with Gasteiger partial charge in [0.1, 0.15) is 5.75 Å². The molecule has 0 unspecified atom stereocenters. The van der Waals surface area contributed by atoms with Gasteiger partial charge in [0, 0.05) is 24.4 Å². The molecule has 0 atom stereocenters. The summed E-state index contributed by atoms with van der Waals surface area (Å²) in [6, 6.07) is 8.87. The summed E-state index contributed by atoms with van der Waals surface area (Å²) in [5.41, 5.74) is 6.28. The van der Waals surface area contributed by atoms with Gasteiger partial charge in [0.2, 0.25) is 0 Å². The third kappa shape index (κ3) is 6.36. The smallest absolute Gasteiger partial charge is 0.319 e. The minimum atomic E-state index is -0.618. The maximum Gasteiger partial charge on any atom is 0.319 e. The summed E-state index contributed by atoms with van der Waals surface area (Å²) < 4.78 is 25.7. The second-order valence-corrected chi connectivity index (χ2v) is 5.97. The van der Waals surface area contributed by atoms with E-state index in [-0.39, 0.29) is 11.4 Å². The lowest BCUT2D eigenvalue weighted by Gasteiger charge is -2.15. The molecule has 0 fully saturated rings. The van der Waals surface area contributed by atoms with Gasteiger partial charge in [-0.25, -0.2) is 9.18 Å². The summed E-state index contributed by atoms with van der Waals surface area (Å²) in [6.45, 7) is 4.80. The van der Waals surface area contributed by atoms with E-state index in [1.807, 2.05) is 6.92 Å². The van der Waals surface area contributed by atoms with Crippen molar-refractivity contribution in [2.45, 2.75) is 33.1 Å². The van der Waals surface area contributed by atoms with Gasteiger partial charge in [-0.15, -0.1) is 0 Å². The lowest BCUT2D eigenvalue weighted by atomic mass is 10.2. The zero-order chi connectivity index (χ0) is 19.6. The predicted molar refractivity (Wildman–Crippen MR) is 105 cm³/mol. The van der Waals surface area contributed by atoms with Gasteiger partial charge in [-0.3, -0.25) is 0 Å². The number of halogens is 1. The standard InChI is InChI=1S/C20H26FN3O3/c1-3-5-6-11-23-20(25)24-17-13-18(26-4-2)19(12-16(17)21)27-15-9-7-14(22)8-10-15/h7-10,12-13H,3-6,11,22H2,1-2H3,(H2,23,24,25). The van der Waals surface area contributed by atoms with E-state index in [2.05, 4.69) is 17.6 Å². The van der Waals surface area contributed by atoms with E-state index in [1.54, 1.807) is 24.3 Å².